The maximum atomic E-state index is 10.9. The molecule has 0 radical (unpaired) electrons. The van der Waals surface area contributed by atoms with Crippen molar-refractivity contribution in [3.05, 3.63) is 69.2 Å². The standard InChI is InChI=1S/C19H21BrO/c1-19(21,13-14-5-4-8-18(20)11-14)17-10-9-15-6-2-3-7-16(15)12-17/h4-5,8-12,21H,2-3,6-7,13H2,1H3. The van der Waals surface area contributed by atoms with Gasteiger partial charge in [0.15, 0.2) is 0 Å². The molecule has 1 atom stereocenters. The molecule has 3 rings (SSSR count). The van der Waals surface area contributed by atoms with Crippen molar-refractivity contribution in [3.63, 3.8) is 0 Å². The Kier molecular flexibility index (Phi) is 4.19. The van der Waals surface area contributed by atoms with Gasteiger partial charge < -0.3 is 5.11 Å². The van der Waals surface area contributed by atoms with E-state index in [1.165, 1.54) is 30.4 Å². The molecular weight excluding hydrogens is 324 g/mol. The molecule has 0 aromatic heterocycles. The predicted molar refractivity (Wildman–Crippen MR) is 90.5 cm³/mol. The topological polar surface area (TPSA) is 20.2 Å². The van der Waals surface area contributed by atoms with Gasteiger partial charge in [0.2, 0.25) is 0 Å². The normalized spacial score (nSPS) is 17.1. The Morgan fingerprint density at radius 3 is 2.57 bits per heavy atom. The highest BCUT2D eigenvalue weighted by Crippen LogP contribution is 2.30. The third-order valence-corrected chi connectivity index (χ3v) is 4.90. The fourth-order valence-electron chi connectivity index (χ4n) is 3.21. The molecule has 1 nitrogen and oxygen atoms in total. The highest BCUT2D eigenvalue weighted by atomic mass is 79.9. The maximum absolute atomic E-state index is 10.9. The van der Waals surface area contributed by atoms with Crippen LogP contribution in [0, 0.1) is 0 Å². The molecule has 0 amide bonds. The van der Waals surface area contributed by atoms with Crippen LogP contribution >= 0.6 is 15.9 Å². The van der Waals surface area contributed by atoms with Crippen molar-refractivity contribution in [2.75, 3.05) is 0 Å². The summed E-state index contributed by atoms with van der Waals surface area (Å²) in [4.78, 5) is 0. The van der Waals surface area contributed by atoms with Gasteiger partial charge in [0, 0.05) is 10.9 Å². The van der Waals surface area contributed by atoms with Gasteiger partial charge in [-0.1, -0.05) is 46.3 Å². The molecule has 21 heavy (non-hydrogen) atoms. The van der Waals surface area contributed by atoms with Crippen molar-refractivity contribution in [3.8, 4) is 0 Å². The van der Waals surface area contributed by atoms with E-state index in [0.717, 1.165) is 22.0 Å². The molecule has 1 N–H and O–H groups in total. The average Bonchev–Trinajstić information content (AvgIpc) is 2.46. The van der Waals surface area contributed by atoms with Gasteiger partial charge in [-0.2, -0.15) is 0 Å². The highest BCUT2D eigenvalue weighted by Gasteiger charge is 2.25. The first-order chi connectivity index (χ1) is 10.0. The van der Waals surface area contributed by atoms with E-state index in [2.05, 4.69) is 46.3 Å². The van der Waals surface area contributed by atoms with Crippen LogP contribution in [0.25, 0.3) is 0 Å². The van der Waals surface area contributed by atoms with Crippen LogP contribution in [0.5, 0.6) is 0 Å². The summed E-state index contributed by atoms with van der Waals surface area (Å²) in [5.74, 6) is 0. The van der Waals surface area contributed by atoms with Crippen LogP contribution < -0.4 is 0 Å². The summed E-state index contributed by atoms with van der Waals surface area (Å²) in [6.45, 7) is 1.92. The van der Waals surface area contributed by atoms with Crippen LogP contribution in [0.2, 0.25) is 0 Å². The van der Waals surface area contributed by atoms with Gasteiger partial charge in [0.25, 0.3) is 0 Å². The Hall–Kier alpha value is -1.12. The van der Waals surface area contributed by atoms with Crippen LogP contribution in [0.4, 0.5) is 0 Å². The Labute approximate surface area is 135 Å². The lowest BCUT2D eigenvalue weighted by molar-refractivity contribution is 0.0575. The lowest BCUT2D eigenvalue weighted by Gasteiger charge is -2.26. The average molecular weight is 345 g/mol. The Bertz CT molecular complexity index is 646. The molecule has 1 unspecified atom stereocenters. The monoisotopic (exact) mass is 344 g/mol. The minimum absolute atomic E-state index is 0.630. The number of hydrogen-bond donors (Lipinski definition) is 1. The van der Waals surface area contributed by atoms with E-state index < -0.39 is 5.60 Å². The first kappa shape index (κ1) is 14.8. The largest absolute Gasteiger partial charge is 0.385 e. The van der Waals surface area contributed by atoms with E-state index in [1.807, 2.05) is 19.1 Å². The first-order valence-electron chi connectivity index (χ1n) is 7.64. The van der Waals surface area contributed by atoms with Gasteiger partial charge in [0.1, 0.15) is 0 Å². The Morgan fingerprint density at radius 2 is 1.81 bits per heavy atom. The molecule has 0 spiro atoms. The van der Waals surface area contributed by atoms with Crippen LogP contribution in [0.1, 0.15) is 42.0 Å². The molecule has 110 valence electrons. The zero-order valence-electron chi connectivity index (χ0n) is 12.4. The van der Waals surface area contributed by atoms with Crippen LogP contribution in [-0.2, 0) is 24.9 Å². The Balaban J connectivity index is 1.87. The summed E-state index contributed by atoms with van der Waals surface area (Å²) in [5.41, 5.74) is 4.24. The molecule has 0 aliphatic heterocycles. The van der Waals surface area contributed by atoms with Crippen LogP contribution in [-0.4, -0.2) is 5.11 Å². The summed E-state index contributed by atoms with van der Waals surface area (Å²) in [6.07, 6.45) is 5.52. The molecule has 1 aliphatic carbocycles. The summed E-state index contributed by atoms with van der Waals surface area (Å²) < 4.78 is 1.06. The Morgan fingerprint density at radius 1 is 1.05 bits per heavy atom. The molecule has 0 heterocycles. The van der Waals surface area contributed by atoms with E-state index in [9.17, 15) is 5.11 Å². The second kappa shape index (κ2) is 5.94. The molecule has 0 fully saturated rings. The minimum atomic E-state index is -0.826. The minimum Gasteiger partial charge on any atom is -0.385 e. The van der Waals surface area contributed by atoms with E-state index in [-0.39, 0.29) is 0 Å². The fraction of sp³-hybridized carbons (Fsp3) is 0.368. The van der Waals surface area contributed by atoms with Crippen molar-refractivity contribution in [2.45, 2.75) is 44.6 Å². The summed E-state index contributed by atoms with van der Waals surface area (Å²) in [7, 11) is 0. The van der Waals surface area contributed by atoms with Crippen LogP contribution in [0.15, 0.2) is 46.9 Å². The second-order valence-electron chi connectivity index (χ2n) is 6.27. The highest BCUT2D eigenvalue weighted by molar-refractivity contribution is 9.10. The lowest BCUT2D eigenvalue weighted by atomic mass is 9.84. The number of rotatable bonds is 3. The molecule has 2 aromatic carbocycles. The van der Waals surface area contributed by atoms with E-state index in [4.69, 9.17) is 0 Å². The van der Waals surface area contributed by atoms with Crippen molar-refractivity contribution < 1.29 is 5.11 Å². The number of aryl methyl sites for hydroxylation is 2. The SMILES string of the molecule is CC(O)(Cc1cccc(Br)c1)c1ccc2c(c1)CCCC2. The lowest BCUT2D eigenvalue weighted by Crippen LogP contribution is -2.25. The number of benzene rings is 2. The molecule has 1 aliphatic rings. The third-order valence-electron chi connectivity index (χ3n) is 4.41. The first-order valence-corrected chi connectivity index (χ1v) is 8.43. The van der Waals surface area contributed by atoms with Gasteiger partial charge in [-0.05, 0) is 67.0 Å². The molecule has 2 heteroatoms. The smallest absolute Gasteiger partial charge is 0.0908 e. The number of fused-ring (bicyclic) bond motifs is 1. The van der Waals surface area contributed by atoms with Crippen molar-refractivity contribution in [2.24, 2.45) is 0 Å². The van der Waals surface area contributed by atoms with Crippen molar-refractivity contribution in [1.29, 1.82) is 0 Å². The van der Waals surface area contributed by atoms with Gasteiger partial charge in [-0.15, -0.1) is 0 Å². The molecule has 2 aromatic rings. The fourth-order valence-corrected chi connectivity index (χ4v) is 3.66. The van der Waals surface area contributed by atoms with Gasteiger partial charge >= 0.3 is 0 Å². The predicted octanol–water partition coefficient (Wildman–Crippen LogP) is 4.78. The second-order valence-corrected chi connectivity index (χ2v) is 7.19. The van der Waals surface area contributed by atoms with E-state index >= 15 is 0 Å². The third kappa shape index (κ3) is 3.38. The molecule has 0 bridgehead atoms. The molecule has 0 saturated carbocycles. The number of hydrogen-bond acceptors (Lipinski definition) is 1. The summed E-state index contributed by atoms with van der Waals surface area (Å²) in [6, 6.07) is 14.7. The van der Waals surface area contributed by atoms with E-state index in [1.54, 1.807) is 0 Å². The summed E-state index contributed by atoms with van der Waals surface area (Å²) in [5, 5.41) is 10.9. The van der Waals surface area contributed by atoms with Crippen LogP contribution in [0.3, 0.4) is 0 Å². The molecular formula is C19H21BrO. The maximum Gasteiger partial charge on any atom is 0.0908 e. The summed E-state index contributed by atoms with van der Waals surface area (Å²) >= 11 is 3.49. The number of halogens is 1. The zero-order valence-corrected chi connectivity index (χ0v) is 14.0. The van der Waals surface area contributed by atoms with Gasteiger partial charge in [-0.3, -0.25) is 0 Å². The molecule has 0 saturated heterocycles. The van der Waals surface area contributed by atoms with Gasteiger partial charge in [-0.25, -0.2) is 0 Å². The number of aliphatic hydroxyl groups is 1. The quantitative estimate of drug-likeness (QED) is 0.849. The van der Waals surface area contributed by atoms with Crippen molar-refractivity contribution in [1.82, 2.24) is 0 Å². The van der Waals surface area contributed by atoms with Gasteiger partial charge in [0.05, 0.1) is 5.60 Å². The van der Waals surface area contributed by atoms with E-state index in [0.29, 0.717) is 6.42 Å². The van der Waals surface area contributed by atoms with Crippen molar-refractivity contribution >= 4 is 15.9 Å². The zero-order chi connectivity index (χ0) is 14.9.